The molecular weight excluding hydrogens is 252 g/mol. The molecule has 0 aliphatic rings. The Morgan fingerprint density at radius 1 is 1.39 bits per heavy atom. The largest absolute Gasteiger partial charge is 0.480 e. The summed E-state index contributed by atoms with van der Waals surface area (Å²) in [6, 6.07) is 5.66. The summed E-state index contributed by atoms with van der Waals surface area (Å²) in [7, 11) is 0. The van der Waals surface area contributed by atoms with Crippen molar-refractivity contribution in [2.24, 2.45) is 0 Å². The molecule has 0 aliphatic carbocycles. The average molecular weight is 265 g/mol. The molecule has 0 bridgehead atoms. The maximum atomic E-state index is 10.7. The van der Waals surface area contributed by atoms with E-state index in [0.29, 0.717) is 5.02 Å². The van der Waals surface area contributed by atoms with Gasteiger partial charge in [0.25, 0.3) is 0 Å². The van der Waals surface area contributed by atoms with Crippen LogP contribution in [-0.4, -0.2) is 20.9 Å². The molecule has 0 atom stereocenters. The Morgan fingerprint density at radius 3 is 2.78 bits per heavy atom. The van der Waals surface area contributed by atoms with Crippen molar-refractivity contribution in [3.63, 3.8) is 0 Å². The first kappa shape index (κ1) is 12.6. The fourth-order valence-corrected chi connectivity index (χ4v) is 2.07. The zero-order chi connectivity index (χ0) is 13.3. The molecule has 0 fully saturated rings. The van der Waals surface area contributed by atoms with E-state index in [4.69, 9.17) is 16.7 Å². The van der Waals surface area contributed by atoms with Crippen LogP contribution in [0.1, 0.15) is 11.3 Å². The highest BCUT2D eigenvalue weighted by Crippen LogP contribution is 2.30. The van der Waals surface area contributed by atoms with Gasteiger partial charge in [-0.2, -0.15) is 5.10 Å². The molecule has 0 spiro atoms. The summed E-state index contributed by atoms with van der Waals surface area (Å²) < 4.78 is 1.47. The molecule has 1 heterocycles. The lowest BCUT2D eigenvalue weighted by atomic mass is 10.0. The molecule has 18 heavy (non-hydrogen) atoms. The van der Waals surface area contributed by atoms with E-state index in [1.807, 2.05) is 32.0 Å². The highest BCUT2D eigenvalue weighted by molar-refractivity contribution is 6.31. The molecule has 2 rings (SSSR count). The maximum Gasteiger partial charge on any atom is 0.325 e. The van der Waals surface area contributed by atoms with Crippen molar-refractivity contribution in [3.05, 3.63) is 40.7 Å². The van der Waals surface area contributed by atoms with Crippen LogP contribution < -0.4 is 0 Å². The van der Waals surface area contributed by atoms with E-state index in [-0.39, 0.29) is 6.54 Å². The van der Waals surface area contributed by atoms with Gasteiger partial charge in [0.15, 0.2) is 0 Å². The van der Waals surface area contributed by atoms with Crippen molar-refractivity contribution in [1.82, 2.24) is 9.78 Å². The summed E-state index contributed by atoms with van der Waals surface area (Å²) in [5.41, 5.74) is 3.69. The topological polar surface area (TPSA) is 55.1 Å². The predicted molar refractivity (Wildman–Crippen MR) is 69.8 cm³/mol. The van der Waals surface area contributed by atoms with E-state index >= 15 is 0 Å². The molecule has 0 radical (unpaired) electrons. The van der Waals surface area contributed by atoms with Gasteiger partial charge < -0.3 is 5.11 Å². The Labute approximate surface area is 110 Å². The Hall–Kier alpha value is -1.81. The van der Waals surface area contributed by atoms with Crippen LogP contribution in [0.5, 0.6) is 0 Å². The lowest BCUT2D eigenvalue weighted by Gasteiger charge is -2.07. The van der Waals surface area contributed by atoms with E-state index in [9.17, 15) is 4.79 Å². The predicted octanol–water partition coefficient (Wildman–Crippen LogP) is 2.90. The van der Waals surface area contributed by atoms with Crippen molar-refractivity contribution >= 4 is 17.6 Å². The van der Waals surface area contributed by atoms with E-state index in [2.05, 4.69) is 5.10 Å². The number of aliphatic carboxylic acids is 1. The molecular formula is C13H13ClN2O2. The van der Waals surface area contributed by atoms with Gasteiger partial charge in [0.05, 0.1) is 6.20 Å². The minimum atomic E-state index is -0.907. The molecule has 4 nitrogen and oxygen atoms in total. The van der Waals surface area contributed by atoms with Crippen LogP contribution in [0.2, 0.25) is 5.02 Å². The molecule has 0 amide bonds. The van der Waals surface area contributed by atoms with Crippen LogP contribution in [0, 0.1) is 13.8 Å². The van der Waals surface area contributed by atoms with Gasteiger partial charge in [-0.05, 0) is 31.0 Å². The fourth-order valence-electron chi connectivity index (χ4n) is 1.90. The lowest BCUT2D eigenvalue weighted by Crippen LogP contribution is -2.11. The first-order valence-electron chi connectivity index (χ1n) is 5.50. The molecule has 1 N–H and O–H groups in total. The SMILES string of the molecule is Cc1c(Cl)cccc1-c1cnn(CC(=O)O)c1C. The summed E-state index contributed by atoms with van der Waals surface area (Å²) >= 11 is 6.09. The third-order valence-corrected chi connectivity index (χ3v) is 3.36. The minimum absolute atomic E-state index is 0.133. The molecule has 0 unspecified atom stereocenters. The van der Waals surface area contributed by atoms with Gasteiger partial charge in [-0.15, -0.1) is 0 Å². The van der Waals surface area contributed by atoms with Crippen molar-refractivity contribution in [1.29, 1.82) is 0 Å². The molecule has 0 aliphatic heterocycles. The second kappa shape index (κ2) is 4.82. The van der Waals surface area contributed by atoms with Crippen LogP contribution in [0.3, 0.4) is 0 Å². The minimum Gasteiger partial charge on any atom is -0.480 e. The summed E-state index contributed by atoms with van der Waals surface area (Å²) in [5, 5.41) is 13.6. The quantitative estimate of drug-likeness (QED) is 0.927. The van der Waals surface area contributed by atoms with Gasteiger partial charge in [0.2, 0.25) is 0 Å². The number of carbonyl (C=O) groups is 1. The normalized spacial score (nSPS) is 10.6. The van der Waals surface area contributed by atoms with Gasteiger partial charge in [-0.3, -0.25) is 9.48 Å². The zero-order valence-electron chi connectivity index (χ0n) is 10.1. The van der Waals surface area contributed by atoms with Gasteiger partial charge >= 0.3 is 5.97 Å². The van der Waals surface area contributed by atoms with Crippen molar-refractivity contribution in [2.75, 3.05) is 0 Å². The van der Waals surface area contributed by atoms with E-state index in [1.165, 1.54) is 4.68 Å². The Balaban J connectivity index is 2.49. The second-order valence-corrected chi connectivity index (χ2v) is 4.51. The number of halogens is 1. The highest BCUT2D eigenvalue weighted by Gasteiger charge is 2.13. The first-order valence-corrected chi connectivity index (χ1v) is 5.88. The van der Waals surface area contributed by atoms with Crippen LogP contribution in [0.4, 0.5) is 0 Å². The highest BCUT2D eigenvalue weighted by atomic mass is 35.5. The third kappa shape index (κ3) is 2.24. The van der Waals surface area contributed by atoms with Gasteiger partial charge in [-0.1, -0.05) is 23.7 Å². The number of carboxylic acids is 1. The Kier molecular flexibility index (Phi) is 3.39. The van der Waals surface area contributed by atoms with Crippen molar-refractivity contribution < 1.29 is 9.90 Å². The van der Waals surface area contributed by atoms with Crippen molar-refractivity contribution in [2.45, 2.75) is 20.4 Å². The fraction of sp³-hybridized carbons (Fsp3) is 0.231. The summed E-state index contributed by atoms with van der Waals surface area (Å²) in [6.45, 7) is 3.66. The number of hydrogen-bond donors (Lipinski definition) is 1. The molecule has 0 saturated heterocycles. The van der Waals surface area contributed by atoms with E-state index < -0.39 is 5.97 Å². The second-order valence-electron chi connectivity index (χ2n) is 4.11. The zero-order valence-corrected chi connectivity index (χ0v) is 10.9. The Morgan fingerprint density at radius 2 is 2.11 bits per heavy atom. The number of nitrogens with zero attached hydrogens (tertiary/aromatic N) is 2. The standard InChI is InChI=1S/C13H13ClN2O2/c1-8-10(4-3-5-12(8)14)11-6-15-16(9(11)2)7-13(17)18/h3-6H,7H2,1-2H3,(H,17,18). The average Bonchev–Trinajstić information content (AvgIpc) is 2.64. The molecule has 1 aromatic carbocycles. The van der Waals surface area contributed by atoms with Crippen LogP contribution in [-0.2, 0) is 11.3 Å². The Bertz CT molecular complexity index is 605. The molecule has 5 heteroatoms. The van der Waals surface area contributed by atoms with Crippen molar-refractivity contribution in [3.8, 4) is 11.1 Å². The third-order valence-electron chi connectivity index (χ3n) is 2.95. The lowest BCUT2D eigenvalue weighted by molar-refractivity contribution is -0.137. The first-order chi connectivity index (χ1) is 8.50. The molecule has 1 aromatic heterocycles. The maximum absolute atomic E-state index is 10.7. The number of benzene rings is 1. The van der Waals surface area contributed by atoms with Gasteiger partial charge in [0, 0.05) is 16.3 Å². The van der Waals surface area contributed by atoms with Crippen LogP contribution in [0.15, 0.2) is 24.4 Å². The number of aromatic nitrogens is 2. The smallest absolute Gasteiger partial charge is 0.325 e. The van der Waals surface area contributed by atoms with Crippen LogP contribution in [0.25, 0.3) is 11.1 Å². The monoisotopic (exact) mass is 264 g/mol. The van der Waals surface area contributed by atoms with Gasteiger partial charge in [-0.25, -0.2) is 0 Å². The van der Waals surface area contributed by atoms with E-state index in [0.717, 1.165) is 22.4 Å². The number of carboxylic acid groups (broad SMARTS) is 1. The molecule has 2 aromatic rings. The summed E-state index contributed by atoms with van der Waals surface area (Å²) in [4.78, 5) is 10.7. The molecule has 0 saturated carbocycles. The van der Waals surface area contributed by atoms with Crippen LogP contribution >= 0.6 is 11.6 Å². The molecule has 94 valence electrons. The van der Waals surface area contributed by atoms with E-state index in [1.54, 1.807) is 6.20 Å². The van der Waals surface area contributed by atoms with Gasteiger partial charge in [0.1, 0.15) is 6.54 Å². The summed E-state index contributed by atoms with van der Waals surface area (Å²) in [5.74, 6) is -0.907. The number of rotatable bonds is 3. The summed E-state index contributed by atoms with van der Waals surface area (Å²) in [6.07, 6.45) is 1.68. The number of hydrogen-bond acceptors (Lipinski definition) is 2.